The van der Waals surface area contributed by atoms with Gasteiger partial charge in [-0.3, -0.25) is 4.79 Å². The van der Waals surface area contributed by atoms with Gasteiger partial charge < -0.3 is 14.9 Å². The molecule has 0 spiro atoms. The topological polar surface area (TPSA) is 82.5 Å². The Balaban J connectivity index is 1.82. The van der Waals surface area contributed by atoms with Gasteiger partial charge in [-0.2, -0.15) is 0 Å². The van der Waals surface area contributed by atoms with Gasteiger partial charge in [0.2, 0.25) is 0 Å². The molecule has 2 aromatic rings. The number of fused-ring (bicyclic) bond motifs is 1. The van der Waals surface area contributed by atoms with Crippen LogP contribution in [0.2, 0.25) is 0 Å². The lowest BCUT2D eigenvalue weighted by Gasteiger charge is -2.20. The van der Waals surface area contributed by atoms with Crippen molar-refractivity contribution >= 4 is 23.0 Å². The third-order valence-electron chi connectivity index (χ3n) is 3.76. The van der Waals surface area contributed by atoms with Crippen LogP contribution >= 0.6 is 0 Å². The second-order valence-electron chi connectivity index (χ2n) is 5.12. The van der Waals surface area contributed by atoms with Crippen molar-refractivity contribution in [1.82, 2.24) is 14.4 Å². The number of nitrogens with zero attached hydrogens (tertiary/aromatic N) is 3. The van der Waals surface area contributed by atoms with Crippen LogP contribution in [0.5, 0.6) is 0 Å². The van der Waals surface area contributed by atoms with Gasteiger partial charge in [0, 0.05) is 18.6 Å². The summed E-state index contributed by atoms with van der Waals surface area (Å²) in [6, 6.07) is 0. The predicted molar refractivity (Wildman–Crippen MR) is 79.4 cm³/mol. The number of nitrogens with two attached hydrogens (primary N) is 1. The molecule has 1 aliphatic carbocycles. The number of ether oxygens (including phenoxy) is 1. The van der Waals surface area contributed by atoms with Gasteiger partial charge in [-0.1, -0.05) is 6.08 Å². The Hall–Kier alpha value is -2.37. The summed E-state index contributed by atoms with van der Waals surface area (Å²) in [7, 11) is 0. The molecule has 1 aliphatic rings. The third-order valence-corrected chi connectivity index (χ3v) is 3.76. The molecule has 0 fully saturated rings. The highest BCUT2D eigenvalue weighted by molar-refractivity contribution is 5.75. The molecule has 1 unspecified atom stereocenters. The van der Waals surface area contributed by atoms with E-state index in [0.717, 1.165) is 24.1 Å². The fourth-order valence-corrected chi connectivity index (χ4v) is 2.65. The highest BCUT2D eigenvalue weighted by Crippen LogP contribution is 2.30. The van der Waals surface area contributed by atoms with E-state index in [2.05, 4.69) is 16.0 Å². The summed E-state index contributed by atoms with van der Waals surface area (Å²) in [6.45, 7) is 2.26. The highest BCUT2D eigenvalue weighted by atomic mass is 16.5. The van der Waals surface area contributed by atoms with Crippen LogP contribution in [-0.4, -0.2) is 26.9 Å². The van der Waals surface area contributed by atoms with E-state index >= 15 is 0 Å². The van der Waals surface area contributed by atoms with Gasteiger partial charge in [-0.25, -0.2) is 9.97 Å². The van der Waals surface area contributed by atoms with E-state index in [-0.39, 0.29) is 11.9 Å². The van der Waals surface area contributed by atoms with E-state index in [4.69, 9.17) is 10.5 Å². The summed E-state index contributed by atoms with van der Waals surface area (Å²) in [6.07, 6.45) is 9.82. The molecule has 110 valence electrons. The molecule has 6 nitrogen and oxygen atoms in total. The molecule has 21 heavy (non-hydrogen) atoms. The normalized spacial score (nSPS) is 18.5. The Morgan fingerprint density at radius 1 is 1.57 bits per heavy atom. The molecule has 1 atom stereocenters. The summed E-state index contributed by atoms with van der Waals surface area (Å²) in [4.78, 5) is 20.3. The summed E-state index contributed by atoms with van der Waals surface area (Å²) < 4.78 is 6.94. The fraction of sp³-hybridized carbons (Fsp3) is 0.400. The van der Waals surface area contributed by atoms with Crippen LogP contribution in [0.3, 0.4) is 0 Å². The molecule has 6 heteroatoms. The van der Waals surface area contributed by atoms with Crippen molar-refractivity contribution in [3.63, 3.8) is 0 Å². The number of anilines is 1. The van der Waals surface area contributed by atoms with Crippen molar-refractivity contribution in [3.05, 3.63) is 30.4 Å². The molecule has 2 heterocycles. The second-order valence-corrected chi connectivity index (χ2v) is 5.12. The number of imidazole rings is 1. The van der Waals surface area contributed by atoms with E-state index in [1.54, 1.807) is 6.20 Å². The molecule has 3 rings (SSSR count). The summed E-state index contributed by atoms with van der Waals surface area (Å²) in [5, 5.41) is 0. The Bertz CT molecular complexity index is 705. The predicted octanol–water partition coefficient (Wildman–Crippen LogP) is 2.06. The van der Waals surface area contributed by atoms with Gasteiger partial charge in [0.1, 0.15) is 0 Å². The number of carbonyl (C=O) groups excluding carboxylic acids is 1. The zero-order chi connectivity index (χ0) is 14.8. The number of aromatic nitrogens is 3. The number of hydrogen-bond donors (Lipinski definition) is 1. The van der Waals surface area contributed by atoms with Gasteiger partial charge in [-0.05, 0) is 31.8 Å². The number of nitrogen functional groups attached to an aromatic ring is 1. The molecule has 0 saturated heterocycles. The van der Waals surface area contributed by atoms with Gasteiger partial charge >= 0.3 is 5.97 Å². The fourth-order valence-electron chi connectivity index (χ4n) is 2.65. The van der Waals surface area contributed by atoms with Gasteiger partial charge in [-0.15, -0.1) is 0 Å². The van der Waals surface area contributed by atoms with Crippen molar-refractivity contribution in [2.75, 3.05) is 12.3 Å². The lowest BCUT2D eigenvalue weighted by molar-refractivity contribution is -0.148. The minimum absolute atomic E-state index is 0.0389. The van der Waals surface area contributed by atoms with E-state index in [1.807, 2.05) is 23.7 Å². The minimum Gasteiger partial charge on any atom is -0.466 e. The van der Waals surface area contributed by atoms with Crippen LogP contribution in [0.15, 0.2) is 24.7 Å². The Labute approximate surface area is 122 Å². The second kappa shape index (κ2) is 5.55. The zero-order valence-electron chi connectivity index (χ0n) is 12.0. The molecular weight excluding hydrogens is 268 g/mol. The number of hydrogen-bond acceptors (Lipinski definition) is 5. The molecule has 0 aliphatic heterocycles. The number of rotatable bonds is 3. The molecule has 2 N–H and O–H groups in total. The van der Waals surface area contributed by atoms with E-state index in [0.29, 0.717) is 24.5 Å². The molecule has 0 saturated carbocycles. The lowest BCUT2D eigenvalue weighted by Crippen LogP contribution is -2.19. The molecule has 0 aromatic carbocycles. The first kappa shape index (κ1) is 13.6. The third kappa shape index (κ3) is 2.61. The van der Waals surface area contributed by atoms with Crippen molar-refractivity contribution in [1.29, 1.82) is 0 Å². The maximum absolute atomic E-state index is 11.7. The first-order valence-corrected chi connectivity index (χ1v) is 7.14. The Morgan fingerprint density at radius 3 is 3.14 bits per heavy atom. The smallest absolute Gasteiger partial charge is 0.309 e. The zero-order valence-corrected chi connectivity index (χ0v) is 12.0. The average Bonchev–Trinajstić information content (AvgIpc) is 2.97. The lowest BCUT2D eigenvalue weighted by atomic mass is 9.88. The van der Waals surface area contributed by atoms with Crippen molar-refractivity contribution in [2.45, 2.75) is 26.2 Å². The van der Waals surface area contributed by atoms with Crippen LogP contribution in [-0.2, 0) is 9.53 Å². The van der Waals surface area contributed by atoms with E-state index in [1.165, 1.54) is 0 Å². The summed E-state index contributed by atoms with van der Waals surface area (Å²) >= 11 is 0. The molecule has 0 amide bonds. The first-order chi connectivity index (χ1) is 10.2. The summed E-state index contributed by atoms with van der Waals surface area (Å²) in [5.74, 6) is 0.277. The number of allylic oxidation sites excluding steroid dienone is 2. The number of esters is 1. The highest BCUT2D eigenvalue weighted by Gasteiger charge is 2.23. The maximum atomic E-state index is 11.7. The van der Waals surface area contributed by atoms with Crippen molar-refractivity contribution in [2.24, 2.45) is 5.92 Å². The monoisotopic (exact) mass is 286 g/mol. The van der Waals surface area contributed by atoms with Crippen LogP contribution < -0.4 is 5.73 Å². The SMILES string of the molecule is CCOC(=O)C1CC=C(c2cn3ccnc3c(N)n2)CC1. The largest absolute Gasteiger partial charge is 0.466 e. The average molecular weight is 286 g/mol. The first-order valence-electron chi connectivity index (χ1n) is 7.14. The van der Waals surface area contributed by atoms with Crippen molar-refractivity contribution in [3.8, 4) is 0 Å². The van der Waals surface area contributed by atoms with Crippen LogP contribution in [0, 0.1) is 5.92 Å². The molecule has 2 aromatic heterocycles. The molecule has 0 radical (unpaired) electrons. The van der Waals surface area contributed by atoms with Crippen LogP contribution in [0.4, 0.5) is 5.82 Å². The van der Waals surface area contributed by atoms with Gasteiger partial charge in [0.05, 0.1) is 18.2 Å². The quantitative estimate of drug-likeness (QED) is 0.873. The van der Waals surface area contributed by atoms with Gasteiger partial charge in [0.15, 0.2) is 11.5 Å². The van der Waals surface area contributed by atoms with Crippen LogP contribution in [0.1, 0.15) is 31.9 Å². The van der Waals surface area contributed by atoms with Gasteiger partial charge in [0.25, 0.3) is 0 Å². The molecular formula is C15H18N4O2. The van der Waals surface area contributed by atoms with Crippen LogP contribution in [0.25, 0.3) is 11.2 Å². The standard InChI is InChI=1S/C15H18N4O2/c1-2-21-15(20)11-5-3-10(4-6-11)12-9-19-8-7-17-14(19)13(16)18-12/h3,7-9,11H,2,4-6H2,1H3,(H2,16,18). The Morgan fingerprint density at radius 2 is 2.43 bits per heavy atom. The van der Waals surface area contributed by atoms with Crippen molar-refractivity contribution < 1.29 is 9.53 Å². The minimum atomic E-state index is -0.106. The summed E-state index contributed by atoms with van der Waals surface area (Å²) in [5.41, 5.74) is 8.56. The number of carbonyl (C=O) groups is 1. The van der Waals surface area contributed by atoms with E-state index < -0.39 is 0 Å². The maximum Gasteiger partial charge on any atom is 0.309 e. The molecule has 0 bridgehead atoms. The Kier molecular flexibility index (Phi) is 3.60. The van der Waals surface area contributed by atoms with E-state index in [9.17, 15) is 4.79 Å².